The number of ether oxygens (including phenoxy) is 8. The zero-order valence-electron chi connectivity index (χ0n) is 39.7. The third-order valence-corrected chi connectivity index (χ3v) is 14.3. The predicted molar refractivity (Wildman–Crippen MR) is 235 cm³/mol. The summed E-state index contributed by atoms with van der Waals surface area (Å²) in [5.41, 5.74) is -5.74. The Hall–Kier alpha value is -4.46. The molecule has 0 unspecified atom stereocenters. The first kappa shape index (κ1) is 49.4. The largest absolute Gasteiger partial charge is 0.456 e. The number of likely N-dealkylation sites (N-methyl/N-ethyl adjacent to an activating group) is 1. The van der Waals surface area contributed by atoms with Crippen LogP contribution in [0.5, 0.6) is 0 Å². The van der Waals surface area contributed by atoms with E-state index in [-0.39, 0.29) is 38.2 Å². The molecule has 0 radical (unpaired) electrons. The number of fused-ring (bicyclic) bond motifs is 8. The van der Waals surface area contributed by atoms with E-state index in [1.54, 1.807) is 116 Å². The molecule has 7 rings (SSSR count). The number of hydroxylamine groups is 2. The fraction of sp³-hybridized carbons (Fsp3) is 0.633. The third-order valence-electron chi connectivity index (χ3n) is 14.3. The smallest absolute Gasteiger partial charge is 0.408 e. The topological polar surface area (TPSA) is 218 Å². The van der Waals surface area contributed by atoms with Gasteiger partial charge in [-0.1, -0.05) is 69.3 Å². The lowest BCUT2D eigenvalue weighted by Crippen LogP contribution is -2.82. The molecule has 0 spiro atoms. The average Bonchev–Trinajstić information content (AvgIpc) is 3.55. The summed E-state index contributed by atoms with van der Waals surface area (Å²) in [4.78, 5) is 55.6. The van der Waals surface area contributed by atoms with Crippen molar-refractivity contribution < 1.29 is 72.5 Å². The fourth-order valence-electron chi connectivity index (χ4n) is 11.2. The molecule has 2 aromatic rings. The molecular formula is C49H66N2O15. The molecule has 2 saturated carbocycles. The van der Waals surface area contributed by atoms with Gasteiger partial charge in [-0.2, -0.15) is 5.06 Å². The van der Waals surface area contributed by atoms with Crippen LogP contribution in [0, 0.1) is 16.7 Å². The van der Waals surface area contributed by atoms with Gasteiger partial charge in [-0.15, -0.1) is 0 Å². The average molecular weight is 923 g/mol. The van der Waals surface area contributed by atoms with Crippen molar-refractivity contribution >= 4 is 24.0 Å². The van der Waals surface area contributed by atoms with Crippen LogP contribution in [0.2, 0.25) is 0 Å². The SMILES string of the molecule is CC(=O)O[C@@]12CO[C@@H]1C[C@H](OCCN(C)O)[C@@]1(C)[C@@H]3OC(C)(C)O[C@@H]3C3=C(C)[C@@H](OC(=O)[C@H](O)[C@@H](NC(=O)OC(C)(C)C)c4ccccc4)C[C@@](O)([C@@H](OC(=O)c4ccccc4)[C@H]21)C3(C)C. The van der Waals surface area contributed by atoms with Crippen molar-refractivity contribution in [3.8, 4) is 0 Å². The van der Waals surface area contributed by atoms with Gasteiger partial charge >= 0.3 is 24.0 Å². The second-order valence-corrected chi connectivity index (χ2v) is 20.6. The number of hydrogen-bond donors (Lipinski definition) is 4. The second-order valence-electron chi connectivity index (χ2n) is 20.6. The van der Waals surface area contributed by atoms with Crippen molar-refractivity contribution in [3.05, 3.63) is 82.9 Å². The molecule has 1 amide bonds. The Kier molecular flexibility index (Phi) is 13.4. The van der Waals surface area contributed by atoms with Gasteiger partial charge in [0, 0.05) is 44.2 Å². The van der Waals surface area contributed by atoms with Crippen LogP contribution in [-0.2, 0) is 47.5 Å². The summed E-state index contributed by atoms with van der Waals surface area (Å²) in [6.45, 7) is 17.1. The molecule has 3 aliphatic carbocycles. The number of carbonyl (C=O) groups is 4. The van der Waals surface area contributed by atoms with Crippen LogP contribution in [0.3, 0.4) is 0 Å². The monoisotopic (exact) mass is 922 g/mol. The minimum absolute atomic E-state index is 0.0496. The molecule has 17 nitrogen and oxygen atoms in total. The molecule has 4 fully saturated rings. The van der Waals surface area contributed by atoms with Gasteiger partial charge in [0.05, 0.1) is 42.9 Å². The van der Waals surface area contributed by atoms with Crippen LogP contribution in [-0.4, -0.2) is 137 Å². The fourth-order valence-corrected chi connectivity index (χ4v) is 11.2. The number of carbonyl (C=O) groups excluding carboxylic acids is 4. The van der Waals surface area contributed by atoms with Crippen LogP contribution >= 0.6 is 0 Å². The summed E-state index contributed by atoms with van der Waals surface area (Å²) < 4.78 is 51.7. The van der Waals surface area contributed by atoms with Gasteiger partial charge in [0.15, 0.2) is 17.5 Å². The highest BCUT2D eigenvalue weighted by atomic mass is 16.8. The maximum absolute atomic E-state index is 14.6. The highest BCUT2D eigenvalue weighted by Gasteiger charge is 2.79. The maximum atomic E-state index is 14.6. The molecule has 2 aromatic carbocycles. The lowest BCUT2D eigenvalue weighted by molar-refractivity contribution is -0.366. The number of amides is 1. The van der Waals surface area contributed by atoms with Crippen molar-refractivity contribution in [1.29, 1.82) is 0 Å². The highest BCUT2D eigenvalue weighted by Crippen LogP contribution is 2.67. The van der Waals surface area contributed by atoms with Crippen molar-refractivity contribution in [2.45, 2.75) is 153 Å². The number of esters is 3. The zero-order valence-corrected chi connectivity index (χ0v) is 39.7. The first-order chi connectivity index (χ1) is 30.8. The summed E-state index contributed by atoms with van der Waals surface area (Å²) in [6.07, 6.45) is -9.44. The van der Waals surface area contributed by atoms with E-state index < -0.39 is 112 Å². The number of aliphatic hydroxyl groups excluding tert-OH is 1. The van der Waals surface area contributed by atoms with Crippen molar-refractivity contribution in [2.24, 2.45) is 16.7 Å². The zero-order chi connectivity index (χ0) is 48.4. The van der Waals surface area contributed by atoms with Crippen LogP contribution in [0.15, 0.2) is 71.8 Å². The number of nitrogens with zero attached hydrogens (tertiary/aromatic N) is 1. The molecule has 2 heterocycles. The van der Waals surface area contributed by atoms with E-state index in [1.165, 1.54) is 14.0 Å². The minimum Gasteiger partial charge on any atom is -0.456 e. The van der Waals surface area contributed by atoms with E-state index in [4.69, 9.17) is 37.9 Å². The van der Waals surface area contributed by atoms with Crippen LogP contribution in [0.4, 0.5) is 4.79 Å². The van der Waals surface area contributed by atoms with Crippen LogP contribution in [0.25, 0.3) is 0 Å². The van der Waals surface area contributed by atoms with E-state index in [9.17, 15) is 34.6 Å². The van der Waals surface area contributed by atoms with E-state index >= 15 is 0 Å². The molecule has 4 N–H and O–H groups in total. The number of nitrogens with one attached hydrogen (secondary N) is 1. The van der Waals surface area contributed by atoms with Gasteiger partial charge in [0.1, 0.15) is 35.6 Å². The number of aliphatic hydroxyl groups is 2. The Bertz CT molecular complexity index is 2170. The van der Waals surface area contributed by atoms with Crippen molar-refractivity contribution in [3.63, 3.8) is 0 Å². The number of rotatable bonds is 12. The molecule has 2 aliphatic heterocycles. The lowest BCUT2D eigenvalue weighted by Gasteiger charge is -2.69. The first-order valence-corrected chi connectivity index (χ1v) is 22.6. The van der Waals surface area contributed by atoms with E-state index in [0.717, 1.165) is 5.06 Å². The quantitative estimate of drug-likeness (QED) is 0.0932. The Balaban J connectivity index is 1.41. The molecule has 362 valence electrons. The molecule has 17 heteroatoms. The summed E-state index contributed by atoms with van der Waals surface area (Å²) in [6, 6.07) is 15.3. The van der Waals surface area contributed by atoms with Crippen molar-refractivity contribution in [2.75, 3.05) is 26.8 Å². The van der Waals surface area contributed by atoms with E-state index in [0.29, 0.717) is 16.7 Å². The molecule has 0 aromatic heterocycles. The van der Waals surface area contributed by atoms with Gasteiger partial charge in [-0.05, 0) is 70.4 Å². The van der Waals surface area contributed by atoms with Crippen molar-refractivity contribution in [1.82, 2.24) is 10.4 Å². The molecule has 2 saturated heterocycles. The lowest BCUT2D eigenvalue weighted by atomic mass is 9.44. The van der Waals surface area contributed by atoms with Gasteiger partial charge in [-0.3, -0.25) is 4.79 Å². The van der Waals surface area contributed by atoms with Crippen LogP contribution < -0.4 is 5.32 Å². The van der Waals surface area contributed by atoms with Gasteiger partial charge in [-0.25, -0.2) is 14.4 Å². The van der Waals surface area contributed by atoms with Crippen LogP contribution in [0.1, 0.15) is 104 Å². The Morgan fingerprint density at radius 3 is 2.17 bits per heavy atom. The van der Waals surface area contributed by atoms with Gasteiger partial charge in [0.2, 0.25) is 0 Å². The Labute approximate surface area is 385 Å². The number of benzene rings is 2. The Morgan fingerprint density at radius 2 is 1.59 bits per heavy atom. The second kappa shape index (κ2) is 17.9. The number of hydrogen-bond acceptors (Lipinski definition) is 16. The minimum atomic E-state index is -2.18. The normalized spacial score (nSPS) is 33.9. The first-order valence-electron chi connectivity index (χ1n) is 22.6. The third kappa shape index (κ3) is 8.89. The predicted octanol–water partition coefficient (Wildman–Crippen LogP) is 5.20. The maximum Gasteiger partial charge on any atom is 0.408 e. The van der Waals surface area contributed by atoms with Gasteiger partial charge in [0.25, 0.3) is 0 Å². The molecular weight excluding hydrogens is 857 g/mol. The van der Waals surface area contributed by atoms with E-state index in [2.05, 4.69) is 5.32 Å². The van der Waals surface area contributed by atoms with Gasteiger partial charge < -0.3 is 58.6 Å². The molecule has 5 aliphatic rings. The summed E-state index contributed by atoms with van der Waals surface area (Å²) in [5, 5.41) is 39.7. The molecule has 2 bridgehead atoms. The summed E-state index contributed by atoms with van der Waals surface area (Å²) >= 11 is 0. The Morgan fingerprint density at radius 1 is 0.955 bits per heavy atom. The van der Waals surface area contributed by atoms with E-state index in [1.807, 2.05) is 6.92 Å². The summed E-state index contributed by atoms with van der Waals surface area (Å²) in [7, 11) is 1.49. The highest BCUT2D eigenvalue weighted by molar-refractivity contribution is 5.89. The standard InChI is InChI=1S/C49H66N2O15/c1-27-31(61-42(55)36(53)35(29-18-14-12-15-19-29)50-43(56)66-44(3,4)5)25-49(57)40(62-41(54)30-20-16-13-17-21-30)38-47(10,39-37(34(27)45(49,6)7)64-46(8,9)65-39)32(59-23-22-51(11)58)24-33-48(38,26-60-33)63-28(2)52/h12-21,31-33,35-40,53,57-58H,22-26H2,1-11H3,(H,50,56)/t31-,32-,33+,35-,36+,37+,38-,39+,40-,47+,48-,49+/m0/s1. The molecule has 66 heavy (non-hydrogen) atoms. The number of alkyl carbamates (subject to hydrolysis) is 1. The summed E-state index contributed by atoms with van der Waals surface area (Å²) in [5.74, 6) is -4.97. The molecule has 12 atom stereocenters.